The van der Waals surface area contributed by atoms with Crippen LogP contribution in [-0.4, -0.2) is 5.11 Å². The molecule has 90 valence electrons. The highest BCUT2D eigenvalue weighted by molar-refractivity contribution is 6.36. The number of aromatic hydroxyl groups is 1. The lowest BCUT2D eigenvalue weighted by Gasteiger charge is -2.03. The highest BCUT2D eigenvalue weighted by atomic mass is 35.5. The topological polar surface area (TPSA) is 33.4 Å². The van der Waals surface area contributed by atoms with E-state index in [4.69, 9.17) is 27.6 Å². The number of fused-ring (bicyclic) bond motifs is 1. The molecule has 0 aliphatic rings. The molecule has 0 bridgehead atoms. The van der Waals surface area contributed by atoms with Crippen molar-refractivity contribution in [3.05, 3.63) is 52.5 Å². The molecule has 1 N–H and O–H groups in total. The second kappa shape index (κ2) is 4.23. The van der Waals surface area contributed by atoms with Gasteiger partial charge in [-0.25, -0.2) is 0 Å². The summed E-state index contributed by atoms with van der Waals surface area (Å²) in [7, 11) is 0. The number of halogens is 2. The molecule has 1 aromatic heterocycles. The summed E-state index contributed by atoms with van der Waals surface area (Å²) in [6.45, 7) is 0. The Balaban J connectivity index is 2.22. The molecular weight excluding hydrogens is 271 g/mol. The van der Waals surface area contributed by atoms with Gasteiger partial charge in [0.2, 0.25) is 0 Å². The summed E-state index contributed by atoms with van der Waals surface area (Å²) in [6.07, 6.45) is 0. The van der Waals surface area contributed by atoms with E-state index in [1.165, 1.54) is 6.07 Å². The standard InChI is InChI=1S/C14H8Cl2O2/c15-10-7-12(17)11(16)6-9(10)14-5-8-3-1-2-4-13(8)18-14/h1-7,17H. The quantitative estimate of drug-likeness (QED) is 0.671. The molecule has 3 rings (SSSR count). The molecule has 1 heterocycles. The molecule has 0 aliphatic carbocycles. The molecule has 2 aromatic carbocycles. The van der Waals surface area contributed by atoms with Crippen molar-refractivity contribution >= 4 is 34.2 Å². The Morgan fingerprint density at radius 1 is 0.944 bits per heavy atom. The van der Waals surface area contributed by atoms with Crippen molar-refractivity contribution in [2.24, 2.45) is 0 Å². The molecule has 2 nitrogen and oxygen atoms in total. The fourth-order valence-corrected chi connectivity index (χ4v) is 2.25. The molecule has 0 spiro atoms. The molecule has 18 heavy (non-hydrogen) atoms. The Hall–Kier alpha value is -1.64. The number of phenolic OH excluding ortho intramolecular Hbond substituents is 1. The smallest absolute Gasteiger partial charge is 0.136 e. The summed E-state index contributed by atoms with van der Waals surface area (Å²) in [4.78, 5) is 0. The predicted molar refractivity (Wildman–Crippen MR) is 73.3 cm³/mol. The van der Waals surface area contributed by atoms with E-state index >= 15 is 0 Å². The summed E-state index contributed by atoms with van der Waals surface area (Å²) < 4.78 is 5.71. The zero-order valence-corrected chi connectivity index (χ0v) is 10.7. The second-order valence-electron chi connectivity index (χ2n) is 3.93. The Morgan fingerprint density at radius 2 is 1.72 bits per heavy atom. The third kappa shape index (κ3) is 1.84. The van der Waals surface area contributed by atoms with Crippen molar-refractivity contribution in [1.29, 1.82) is 0 Å². The fraction of sp³-hybridized carbons (Fsp3) is 0. The first-order chi connectivity index (χ1) is 8.65. The average molecular weight is 279 g/mol. The normalized spacial score (nSPS) is 11.0. The fourth-order valence-electron chi connectivity index (χ4n) is 1.84. The molecule has 3 aromatic rings. The molecule has 0 unspecified atom stereocenters. The van der Waals surface area contributed by atoms with Gasteiger partial charge in [-0.1, -0.05) is 41.4 Å². The van der Waals surface area contributed by atoms with Gasteiger partial charge < -0.3 is 9.52 Å². The van der Waals surface area contributed by atoms with Gasteiger partial charge in [-0.15, -0.1) is 0 Å². The lowest BCUT2D eigenvalue weighted by molar-refractivity contribution is 0.475. The minimum Gasteiger partial charge on any atom is -0.506 e. The third-order valence-electron chi connectivity index (χ3n) is 2.73. The molecule has 0 aliphatic heterocycles. The molecule has 0 saturated heterocycles. The van der Waals surface area contributed by atoms with Crippen LogP contribution in [-0.2, 0) is 0 Å². The number of benzene rings is 2. The zero-order valence-electron chi connectivity index (χ0n) is 9.15. The number of rotatable bonds is 1. The number of hydrogen-bond donors (Lipinski definition) is 1. The maximum absolute atomic E-state index is 9.46. The van der Waals surface area contributed by atoms with Gasteiger partial charge in [0.15, 0.2) is 0 Å². The molecule has 0 atom stereocenters. The van der Waals surface area contributed by atoms with Crippen LogP contribution in [0, 0.1) is 0 Å². The largest absolute Gasteiger partial charge is 0.506 e. The molecule has 0 fully saturated rings. The van der Waals surface area contributed by atoms with Crippen LogP contribution in [0.1, 0.15) is 0 Å². The molecule has 0 amide bonds. The first kappa shape index (κ1) is 11.5. The maximum Gasteiger partial charge on any atom is 0.136 e. The van der Waals surface area contributed by atoms with Gasteiger partial charge in [-0.2, -0.15) is 0 Å². The van der Waals surface area contributed by atoms with Crippen molar-refractivity contribution in [3.8, 4) is 17.1 Å². The van der Waals surface area contributed by atoms with E-state index in [-0.39, 0.29) is 10.8 Å². The van der Waals surface area contributed by atoms with E-state index in [1.54, 1.807) is 6.07 Å². The van der Waals surface area contributed by atoms with E-state index in [1.807, 2.05) is 30.3 Å². The molecule has 0 radical (unpaired) electrons. The summed E-state index contributed by atoms with van der Waals surface area (Å²) in [5.74, 6) is 0.588. The van der Waals surface area contributed by atoms with Crippen LogP contribution in [0.5, 0.6) is 5.75 Å². The Labute approximate surface area is 113 Å². The number of para-hydroxylation sites is 1. The highest BCUT2D eigenvalue weighted by Gasteiger charge is 2.12. The summed E-state index contributed by atoms with van der Waals surface area (Å²) in [6, 6.07) is 12.6. The van der Waals surface area contributed by atoms with Crippen LogP contribution < -0.4 is 0 Å². The van der Waals surface area contributed by atoms with Gasteiger partial charge in [-0.3, -0.25) is 0 Å². The van der Waals surface area contributed by atoms with Crippen molar-refractivity contribution in [1.82, 2.24) is 0 Å². The van der Waals surface area contributed by atoms with Crippen LogP contribution in [0.15, 0.2) is 46.9 Å². The average Bonchev–Trinajstić information content (AvgIpc) is 2.77. The molecule has 4 heteroatoms. The maximum atomic E-state index is 9.46. The summed E-state index contributed by atoms with van der Waals surface area (Å²) >= 11 is 12.0. The van der Waals surface area contributed by atoms with Crippen molar-refractivity contribution in [3.63, 3.8) is 0 Å². The zero-order chi connectivity index (χ0) is 12.7. The first-order valence-corrected chi connectivity index (χ1v) is 6.08. The Morgan fingerprint density at radius 3 is 2.50 bits per heavy atom. The van der Waals surface area contributed by atoms with E-state index in [9.17, 15) is 5.11 Å². The highest BCUT2D eigenvalue weighted by Crippen LogP contribution is 2.38. The van der Waals surface area contributed by atoms with Crippen LogP contribution in [0.2, 0.25) is 10.0 Å². The van der Waals surface area contributed by atoms with Crippen LogP contribution in [0.3, 0.4) is 0 Å². The van der Waals surface area contributed by atoms with Gasteiger partial charge in [0.05, 0.1) is 10.0 Å². The lowest BCUT2D eigenvalue weighted by atomic mass is 10.1. The van der Waals surface area contributed by atoms with Gasteiger partial charge in [0.1, 0.15) is 17.1 Å². The lowest BCUT2D eigenvalue weighted by Crippen LogP contribution is -1.78. The van der Waals surface area contributed by atoms with Gasteiger partial charge >= 0.3 is 0 Å². The van der Waals surface area contributed by atoms with Crippen LogP contribution >= 0.6 is 23.2 Å². The minimum atomic E-state index is -0.0403. The number of hydrogen-bond acceptors (Lipinski definition) is 2. The van der Waals surface area contributed by atoms with E-state index in [0.717, 1.165) is 11.0 Å². The Kier molecular flexibility index (Phi) is 2.69. The first-order valence-electron chi connectivity index (χ1n) is 5.32. The van der Waals surface area contributed by atoms with Crippen molar-refractivity contribution < 1.29 is 9.52 Å². The van der Waals surface area contributed by atoms with Gasteiger partial charge in [0, 0.05) is 17.0 Å². The van der Waals surface area contributed by atoms with E-state index in [0.29, 0.717) is 16.3 Å². The monoisotopic (exact) mass is 278 g/mol. The van der Waals surface area contributed by atoms with E-state index < -0.39 is 0 Å². The molecular formula is C14H8Cl2O2. The summed E-state index contributed by atoms with van der Waals surface area (Å²) in [5, 5.41) is 11.1. The van der Waals surface area contributed by atoms with Crippen LogP contribution in [0.4, 0.5) is 0 Å². The van der Waals surface area contributed by atoms with Crippen molar-refractivity contribution in [2.75, 3.05) is 0 Å². The van der Waals surface area contributed by atoms with Crippen LogP contribution in [0.25, 0.3) is 22.3 Å². The molecule has 0 saturated carbocycles. The van der Waals surface area contributed by atoms with Crippen molar-refractivity contribution in [2.45, 2.75) is 0 Å². The minimum absolute atomic E-state index is 0.0403. The van der Waals surface area contributed by atoms with Gasteiger partial charge in [-0.05, 0) is 18.2 Å². The Bertz CT molecular complexity index is 699. The SMILES string of the molecule is Oc1cc(Cl)c(-c2cc3ccccc3o2)cc1Cl. The number of phenols is 1. The number of furan rings is 1. The second-order valence-corrected chi connectivity index (χ2v) is 4.75. The van der Waals surface area contributed by atoms with E-state index in [2.05, 4.69) is 0 Å². The predicted octanol–water partition coefficient (Wildman–Crippen LogP) is 5.11. The third-order valence-corrected chi connectivity index (χ3v) is 3.34. The van der Waals surface area contributed by atoms with Gasteiger partial charge in [0.25, 0.3) is 0 Å². The summed E-state index contributed by atoms with van der Waals surface area (Å²) in [5.41, 5.74) is 1.45.